The van der Waals surface area contributed by atoms with Crippen molar-refractivity contribution in [3.05, 3.63) is 142 Å². The smallest absolute Gasteiger partial charge is 0.278 e. The maximum absolute atomic E-state index is 12.1. The number of anilines is 1. The van der Waals surface area contributed by atoms with Crippen LogP contribution in [-0.2, 0) is 4.79 Å². The summed E-state index contributed by atoms with van der Waals surface area (Å²) >= 11 is 6.08. The van der Waals surface area contributed by atoms with Gasteiger partial charge in [-0.1, -0.05) is 109 Å². The Kier molecular flexibility index (Phi) is 9.13. The lowest BCUT2D eigenvalue weighted by molar-refractivity contribution is -0.125. The normalized spacial score (nSPS) is 15.4. The van der Waals surface area contributed by atoms with Gasteiger partial charge in [-0.05, 0) is 66.5 Å². The molecule has 212 valence electrons. The Morgan fingerprint density at radius 2 is 1.45 bits per heavy atom. The van der Waals surface area contributed by atoms with Crippen LogP contribution in [0.15, 0.2) is 108 Å². The Morgan fingerprint density at radius 3 is 2.07 bits per heavy atom. The van der Waals surface area contributed by atoms with E-state index in [1.54, 1.807) is 25.2 Å². The zero-order valence-corrected chi connectivity index (χ0v) is 24.8. The molecule has 0 aromatic heterocycles. The second kappa shape index (κ2) is 13.1. The van der Waals surface area contributed by atoms with E-state index in [-0.39, 0.29) is 0 Å². The van der Waals surface area contributed by atoms with Crippen molar-refractivity contribution in [1.29, 1.82) is 0 Å². The summed E-state index contributed by atoms with van der Waals surface area (Å²) in [7, 11) is 5.85. The summed E-state index contributed by atoms with van der Waals surface area (Å²) in [6.45, 7) is 1.07. The number of fused-ring (bicyclic) bond motifs is 3. The molecule has 0 spiro atoms. The van der Waals surface area contributed by atoms with Crippen molar-refractivity contribution in [3.8, 4) is 0 Å². The van der Waals surface area contributed by atoms with Gasteiger partial charge >= 0.3 is 0 Å². The lowest BCUT2D eigenvalue weighted by Gasteiger charge is -2.18. The highest BCUT2D eigenvalue weighted by molar-refractivity contribution is 6.32. The van der Waals surface area contributed by atoms with Crippen LogP contribution in [0.4, 0.5) is 5.69 Å². The van der Waals surface area contributed by atoms with Gasteiger partial charge in [0.05, 0.1) is 11.4 Å². The maximum atomic E-state index is 12.1. The van der Waals surface area contributed by atoms with E-state index in [0.29, 0.717) is 16.4 Å². The van der Waals surface area contributed by atoms with Crippen LogP contribution in [0.1, 0.15) is 39.8 Å². The molecule has 6 heteroatoms. The van der Waals surface area contributed by atoms with E-state index < -0.39 is 12.1 Å². The first-order valence-corrected chi connectivity index (χ1v) is 14.3. The van der Waals surface area contributed by atoms with Gasteiger partial charge in [-0.15, -0.1) is 0 Å². The second-order valence-corrected chi connectivity index (χ2v) is 10.9. The van der Waals surface area contributed by atoms with Gasteiger partial charge in [0, 0.05) is 29.7 Å². The minimum atomic E-state index is -1.42. The van der Waals surface area contributed by atoms with Gasteiger partial charge in [-0.2, -0.15) is 0 Å². The van der Waals surface area contributed by atoms with E-state index in [1.165, 1.54) is 32.7 Å². The number of benzodiazepines with no additional fused rings is 1. The number of likely N-dealkylation sites (N-methyl/N-ethyl adjacent to an activating group) is 1. The maximum Gasteiger partial charge on any atom is 0.278 e. The van der Waals surface area contributed by atoms with Crippen molar-refractivity contribution in [1.82, 2.24) is 4.90 Å². The molecule has 0 radical (unpaired) electrons. The topological polar surface area (TPSA) is 56.1 Å². The molecule has 1 unspecified atom stereocenters. The molecule has 1 heterocycles. The highest BCUT2D eigenvalue weighted by Gasteiger charge is 2.28. The van der Waals surface area contributed by atoms with Crippen LogP contribution in [0.3, 0.4) is 0 Å². The third-order valence-electron chi connectivity index (χ3n) is 7.29. The highest BCUT2D eigenvalue weighted by atomic mass is 35.5. The number of halogens is 1. The third-order valence-corrected chi connectivity index (χ3v) is 7.53. The van der Waals surface area contributed by atoms with E-state index in [1.807, 2.05) is 30.3 Å². The summed E-state index contributed by atoms with van der Waals surface area (Å²) in [6, 6.07) is 31.9. The predicted molar refractivity (Wildman–Crippen MR) is 175 cm³/mol. The second-order valence-electron chi connectivity index (χ2n) is 10.5. The molecule has 1 N–H and O–H groups in total. The van der Waals surface area contributed by atoms with Gasteiger partial charge in [0.2, 0.25) is 6.23 Å². The summed E-state index contributed by atoms with van der Waals surface area (Å²) in [5.74, 6) is -0.468. The average molecular weight is 576 g/mol. The molecule has 6 rings (SSSR count). The SMILES string of the molecule is CN(C)CCC=C1c2ccccc2C=Cc2ccccc21.CN1C(=O)C(O)N=C(c2ccccc2)c2cc(Cl)ccc21. The van der Waals surface area contributed by atoms with Crippen LogP contribution in [0.25, 0.3) is 17.7 Å². The molecule has 4 aromatic rings. The van der Waals surface area contributed by atoms with E-state index >= 15 is 0 Å². The van der Waals surface area contributed by atoms with Crippen molar-refractivity contribution >= 4 is 46.6 Å². The van der Waals surface area contributed by atoms with E-state index in [0.717, 1.165) is 24.1 Å². The van der Waals surface area contributed by atoms with Gasteiger partial charge in [0.1, 0.15) is 0 Å². The third kappa shape index (κ3) is 6.44. The first-order valence-electron chi connectivity index (χ1n) is 13.9. The number of aliphatic imine (C=N–C) groups is 1. The molecule has 1 atom stereocenters. The first-order chi connectivity index (χ1) is 20.3. The lowest BCUT2D eigenvalue weighted by atomic mass is 9.93. The molecule has 0 fully saturated rings. The highest BCUT2D eigenvalue weighted by Crippen LogP contribution is 2.34. The summed E-state index contributed by atoms with van der Waals surface area (Å²) in [5.41, 5.74) is 9.38. The van der Waals surface area contributed by atoms with E-state index in [9.17, 15) is 9.90 Å². The van der Waals surface area contributed by atoms with Gasteiger partial charge in [-0.3, -0.25) is 4.79 Å². The zero-order valence-electron chi connectivity index (χ0n) is 24.0. The standard InChI is InChI=1S/C20H21N.C16H13ClN2O2/c1-21(2)15-7-12-20-18-10-5-3-8-16(18)13-14-17-9-4-6-11-19(17)20;1-19-13-8-7-11(17)9-12(13)14(18-15(20)16(19)21)10-5-3-2-4-6-10/h3-6,8-14H,7,15H2,1-2H3;2-9,15,20H,1H3. The number of nitrogens with zero attached hydrogens (tertiary/aromatic N) is 3. The van der Waals surface area contributed by atoms with Gasteiger partial charge in [0.25, 0.3) is 5.91 Å². The number of hydrogen-bond acceptors (Lipinski definition) is 4. The average Bonchev–Trinajstić information content (AvgIpc) is 3.21. The fourth-order valence-electron chi connectivity index (χ4n) is 5.14. The quantitative estimate of drug-likeness (QED) is 0.250. The first kappa shape index (κ1) is 29.2. The predicted octanol–water partition coefficient (Wildman–Crippen LogP) is 7.03. The van der Waals surface area contributed by atoms with Gasteiger partial charge in [0.15, 0.2) is 0 Å². The molecular formula is C36H34ClN3O2. The summed E-state index contributed by atoms with van der Waals surface area (Å²) < 4.78 is 0. The molecule has 2 aliphatic rings. The van der Waals surface area contributed by atoms with E-state index in [2.05, 4.69) is 90.7 Å². The van der Waals surface area contributed by atoms with Crippen LogP contribution in [0.2, 0.25) is 5.02 Å². The summed E-state index contributed by atoms with van der Waals surface area (Å²) in [4.78, 5) is 19.9. The molecule has 0 bridgehead atoms. The Bertz CT molecular complexity index is 1620. The Balaban J connectivity index is 0.000000168. The molecule has 1 amide bonds. The van der Waals surface area contributed by atoms with Crippen molar-refractivity contribution in [2.24, 2.45) is 4.99 Å². The molecule has 0 saturated heterocycles. The lowest BCUT2D eigenvalue weighted by Crippen LogP contribution is -2.34. The van der Waals surface area contributed by atoms with Crippen molar-refractivity contribution < 1.29 is 9.90 Å². The van der Waals surface area contributed by atoms with Crippen LogP contribution < -0.4 is 4.90 Å². The monoisotopic (exact) mass is 575 g/mol. The Morgan fingerprint density at radius 1 is 0.857 bits per heavy atom. The number of rotatable bonds is 4. The van der Waals surface area contributed by atoms with E-state index in [4.69, 9.17) is 11.6 Å². The summed E-state index contributed by atoms with van der Waals surface area (Å²) in [5, 5.41) is 10.5. The Labute approximate surface area is 252 Å². The van der Waals surface area contributed by atoms with Crippen molar-refractivity contribution in [2.45, 2.75) is 12.6 Å². The number of hydrogen-bond donors (Lipinski definition) is 1. The fourth-order valence-corrected chi connectivity index (χ4v) is 5.31. The number of aliphatic hydroxyl groups is 1. The Hall–Kier alpha value is -4.29. The molecule has 4 aromatic carbocycles. The molecule has 1 aliphatic carbocycles. The fraction of sp³-hybridized carbons (Fsp3) is 0.167. The number of amides is 1. The molecular weight excluding hydrogens is 542 g/mol. The van der Waals surface area contributed by atoms with Crippen LogP contribution in [0.5, 0.6) is 0 Å². The van der Waals surface area contributed by atoms with Crippen LogP contribution in [0, 0.1) is 0 Å². The molecule has 5 nitrogen and oxygen atoms in total. The largest absolute Gasteiger partial charge is 0.364 e. The number of carbonyl (C=O) groups excluding carboxylic acids is 1. The number of aliphatic hydroxyl groups excluding tert-OH is 1. The van der Waals surface area contributed by atoms with Crippen LogP contribution >= 0.6 is 11.6 Å². The minimum Gasteiger partial charge on any atom is -0.364 e. The zero-order chi connectivity index (χ0) is 29.6. The molecule has 1 aliphatic heterocycles. The number of benzene rings is 4. The minimum absolute atomic E-state index is 0.468. The van der Waals surface area contributed by atoms with Crippen molar-refractivity contribution in [3.63, 3.8) is 0 Å². The summed E-state index contributed by atoms with van der Waals surface area (Å²) in [6.07, 6.45) is 6.47. The molecule has 0 saturated carbocycles. The van der Waals surface area contributed by atoms with Gasteiger partial charge in [-0.25, -0.2) is 4.99 Å². The number of carbonyl (C=O) groups is 1. The van der Waals surface area contributed by atoms with Crippen LogP contribution in [-0.4, -0.2) is 55.5 Å². The van der Waals surface area contributed by atoms with Gasteiger partial charge < -0.3 is 14.9 Å². The van der Waals surface area contributed by atoms with Crippen molar-refractivity contribution in [2.75, 3.05) is 32.6 Å². The molecule has 42 heavy (non-hydrogen) atoms.